The second kappa shape index (κ2) is 15.5. The minimum absolute atomic E-state index is 1.10. The van der Waals surface area contributed by atoms with Crippen LogP contribution in [0.15, 0.2) is 243 Å². The Morgan fingerprint density at radius 1 is 0.241 bits per heavy atom. The smallest absolute Gasteiger partial charge is 0.0613 e. The van der Waals surface area contributed by atoms with E-state index in [2.05, 4.69) is 252 Å². The lowest BCUT2D eigenvalue weighted by molar-refractivity contribution is 1.20. The third-order valence-corrected chi connectivity index (χ3v) is 11.1. The maximum atomic E-state index is 2.35. The first-order valence-corrected chi connectivity index (χ1v) is 19.8. The number of fused-ring (bicyclic) bond motifs is 1. The highest BCUT2D eigenvalue weighted by atomic mass is 15.1. The Kier molecular flexibility index (Phi) is 9.27. The first kappa shape index (κ1) is 34.8. The first-order chi connectivity index (χ1) is 28.8. The van der Waals surface area contributed by atoms with Crippen LogP contribution >= 0.6 is 0 Å². The quantitative estimate of drug-likeness (QED) is 0.143. The number of rotatable bonds is 9. The molecule has 0 spiro atoms. The average Bonchev–Trinajstić information content (AvgIpc) is 3.66. The summed E-state index contributed by atoms with van der Waals surface area (Å²) in [6.07, 6.45) is 2.19. The van der Waals surface area contributed by atoms with Gasteiger partial charge in [-0.25, -0.2) is 0 Å². The van der Waals surface area contributed by atoms with Crippen LogP contribution in [-0.2, 0) is 0 Å². The van der Waals surface area contributed by atoms with Crippen molar-refractivity contribution in [2.75, 3.05) is 4.90 Å². The summed E-state index contributed by atoms with van der Waals surface area (Å²) in [5.41, 5.74) is 18.9. The number of nitrogens with zero attached hydrogens (tertiary/aromatic N) is 2. The van der Waals surface area contributed by atoms with Crippen molar-refractivity contribution in [1.29, 1.82) is 0 Å². The van der Waals surface area contributed by atoms with E-state index >= 15 is 0 Å². The molecule has 0 bridgehead atoms. The van der Waals surface area contributed by atoms with Crippen LogP contribution in [-0.4, -0.2) is 4.40 Å². The molecule has 8 aromatic carbocycles. The van der Waals surface area contributed by atoms with Crippen molar-refractivity contribution in [1.82, 2.24) is 4.40 Å². The van der Waals surface area contributed by atoms with E-state index in [0.29, 0.717) is 0 Å². The zero-order valence-corrected chi connectivity index (χ0v) is 32.0. The van der Waals surface area contributed by atoms with Crippen LogP contribution in [0.3, 0.4) is 0 Å². The molecule has 0 saturated heterocycles. The van der Waals surface area contributed by atoms with Crippen molar-refractivity contribution in [2.45, 2.75) is 0 Å². The van der Waals surface area contributed by atoms with Crippen LogP contribution in [0.5, 0.6) is 0 Å². The van der Waals surface area contributed by atoms with E-state index < -0.39 is 0 Å². The number of aromatic nitrogens is 1. The molecule has 0 amide bonds. The van der Waals surface area contributed by atoms with Gasteiger partial charge < -0.3 is 9.30 Å². The van der Waals surface area contributed by atoms with Crippen molar-refractivity contribution in [3.8, 4) is 66.9 Å². The van der Waals surface area contributed by atoms with Crippen LogP contribution in [0, 0.1) is 0 Å². The Labute approximate surface area is 340 Å². The zero-order chi connectivity index (χ0) is 38.7. The van der Waals surface area contributed by atoms with Gasteiger partial charge in [0.15, 0.2) is 0 Å². The Morgan fingerprint density at radius 3 is 0.966 bits per heavy atom. The Morgan fingerprint density at radius 2 is 0.552 bits per heavy atom. The molecule has 58 heavy (non-hydrogen) atoms. The molecule has 10 aromatic rings. The monoisotopic (exact) mass is 740 g/mol. The lowest BCUT2D eigenvalue weighted by Gasteiger charge is -2.26. The van der Waals surface area contributed by atoms with E-state index in [-0.39, 0.29) is 0 Å². The molecule has 0 unspecified atom stereocenters. The summed E-state index contributed by atoms with van der Waals surface area (Å²) in [5, 5.41) is 0. The molecule has 2 heterocycles. The fourth-order valence-electron chi connectivity index (χ4n) is 8.21. The summed E-state index contributed by atoms with van der Waals surface area (Å²) in [5.74, 6) is 0. The highest BCUT2D eigenvalue weighted by Gasteiger charge is 2.22. The topological polar surface area (TPSA) is 7.65 Å². The van der Waals surface area contributed by atoms with Gasteiger partial charge in [-0.15, -0.1) is 0 Å². The highest BCUT2D eigenvalue weighted by Crippen LogP contribution is 2.45. The summed E-state index contributed by atoms with van der Waals surface area (Å²) in [7, 11) is 0. The van der Waals surface area contributed by atoms with E-state index in [9.17, 15) is 0 Å². The van der Waals surface area contributed by atoms with Crippen molar-refractivity contribution < 1.29 is 0 Å². The van der Waals surface area contributed by atoms with E-state index in [1.54, 1.807) is 0 Å². The molecule has 0 N–H and O–H groups in total. The molecule has 0 saturated carbocycles. The fourth-order valence-corrected chi connectivity index (χ4v) is 8.21. The summed E-state index contributed by atoms with van der Waals surface area (Å²) in [6.45, 7) is 0. The second-order valence-corrected chi connectivity index (χ2v) is 14.6. The van der Waals surface area contributed by atoms with Gasteiger partial charge in [0.05, 0.1) is 11.2 Å². The number of anilines is 3. The largest absolute Gasteiger partial charge is 0.315 e. The van der Waals surface area contributed by atoms with Crippen LogP contribution in [0.25, 0.3) is 72.4 Å². The van der Waals surface area contributed by atoms with Gasteiger partial charge in [0.25, 0.3) is 0 Å². The van der Waals surface area contributed by atoms with Gasteiger partial charge in [0.2, 0.25) is 0 Å². The molecular formula is C56H40N2. The van der Waals surface area contributed by atoms with Gasteiger partial charge in [-0.3, -0.25) is 0 Å². The number of hydrogen-bond acceptors (Lipinski definition) is 1. The van der Waals surface area contributed by atoms with Gasteiger partial charge in [0.1, 0.15) is 0 Å². The molecule has 274 valence electrons. The van der Waals surface area contributed by atoms with E-state index in [4.69, 9.17) is 0 Å². The van der Waals surface area contributed by atoms with E-state index in [1.807, 2.05) is 0 Å². The minimum atomic E-state index is 1.10. The fraction of sp³-hybridized carbons (Fsp3) is 0. The molecule has 0 atom stereocenters. The van der Waals surface area contributed by atoms with E-state index in [1.165, 1.54) is 72.4 Å². The highest BCUT2D eigenvalue weighted by molar-refractivity contribution is 6.03. The van der Waals surface area contributed by atoms with Crippen LogP contribution in [0.1, 0.15) is 0 Å². The molecule has 0 aliphatic heterocycles. The normalized spacial score (nSPS) is 11.1. The van der Waals surface area contributed by atoms with Crippen molar-refractivity contribution >= 4 is 22.6 Å². The summed E-state index contributed by atoms with van der Waals surface area (Å²) in [4.78, 5) is 2.34. The molecule has 0 radical (unpaired) electrons. The summed E-state index contributed by atoms with van der Waals surface area (Å²) in [6, 6.07) is 84.9. The molecule has 2 heteroatoms. The predicted octanol–water partition coefficient (Wildman–Crippen LogP) is 15.4. The number of benzene rings is 8. The van der Waals surface area contributed by atoms with Crippen molar-refractivity contribution in [3.05, 3.63) is 243 Å². The zero-order valence-electron chi connectivity index (χ0n) is 32.0. The lowest BCUT2D eigenvalue weighted by atomic mass is 9.93. The van der Waals surface area contributed by atoms with Crippen LogP contribution in [0.4, 0.5) is 17.1 Å². The lowest BCUT2D eigenvalue weighted by Crippen LogP contribution is -2.09. The van der Waals surface area contributed by atoms with Crippen molar-refractivity contribution in [2.24, 2.45) is 0 Å². The van der Waals surface area contributed by atoms with Crippen LogP contribution in [0.2, 0.25) is 0 Å². The maximum absolute atomic E-state index is 2.35. The molecule has 0 fully saturated rings. The standard InChI is InChI=1S/C56H40N2/c1-5-15-41(16-6-1)44-28-34-50(35-29-44)58(51-36-30-45(31-37-51)42-17-7-2-8-18-42)52-38-32-46(33-39-52)43-24-26-49(27-25-43)56-55(48-21-11-4-12-22-48)54(47-19-9-3-10-20-47)53-23-13-14-40-57(53)56/h1-40H. The van der Waals surface area contributed by atoms with Gasteiger partial charge in [-0.2, -0.15) is 0 Å². The minimum Gasteiger partial charge on any atom is -0.315 e. The third-order valence-electron chi connectivity index (χ3n) is 11.1. The first-order valence-electron chi connectivity index (χ1n) is 19.8. The third kappa shape index (κ3) is 6.67. The molecule has 2 nitrogen and oxygen atoms in total. The van der Waals surface area contributed by atoms with Gasteiger partial charge in [0, 0.05) is 34.4 Å². The van der Waals surface area contributed by atoms with Gasteiger partial charge >= 0.3 is 0 Å². The van der Waals surface area contributed by atoms with Crippen LogP contribution < -0.4 is 4.90 Å². The summed E-state index contributed by atoms with van der Waals surface area (Å²) >= 11 is 0. The molecular weight excluding hydrogens is 701 g/mol. The Bertz CT molecular complexity index is 2830. The molecule has 10 rings (SSSR count). The molecule has 0 aliphatic carbocycles. The molecule has 0 aliphatic rings. The number of pyridine rings is 1. The maximum Gasteiger partial charge on any atom is 0.0613 e. The number of hydrogen-bond donors (Lipinski definition) is 0. The predicted molar refractivity (Wildman–Crippen MR) is 245 cm³/mol. The Hall–Kier alpha value is -7.68. The van der Waals surface area contributed by atoms with Crippen molar-refractivity contribution in [3.63, 3.8) is 0 Å². The van der Waals surface area contributed by atoms with Gasteiger partial charge in [-0.05, 0) is 98.6 Å². The van der Waals surface area contributed by atoms with Gasteiger partial charge in [-0.1, -0.05) is 188 Å². The Balaban J connectivity index is 1.01. The second-order valence-electron chi connectivity index (χ2n) is 14.6. The summed E-state index contributed by atoms with van der Waals surface area (Å²) < 4.78 is 2.35. The van der Waals surface area contributed by atoms with E-state index in [0.717, 1.165) is 17.1 Å². The average molecular weight is 741 g/mol. The SMILES string of the molecule is c1ccc(-c2ccc(N(c3ccc(-c4ccccc4)cc3)c3ccc(-c4ccc(-c5c(-c6ccccc6)c(-c6ccccc6)c6ccccn56)cc4)cc3)cc2)cc1. The molecule has 2 aromatic heterocycles.